The molecule has 0 saturated carbocycles. The highest BCUT2D eigenvalue weighted by molar-refractivity contribution is 5.91. The Balaban J connectivity index is 1.45. The summed E-state index contributed by atoms with van der Waals surface area (Å²) < 4.78 is 13.1. The predicted octanol–water partition coefficient (Wildman–Crippen LogP) is 3.51. The van der Waals surface area contributed by atoms with Crippen molar-refractivity contribution in [2.45, 2.75) is 12.8 Å². The zero-order chi connectivity index (χ0) is 18.2. The fourth-order valence-electron chi connectivity index (χ4n) is 2.60. The quantitative estimate of drug-likeness (QED) is 0.641. The average Bonchev–Trinajstić information content (AvgIpc) is 3.14. The minimum atomic E-state index is -0.260. The monoisotopic (exact) mass is 349 g/mol. The Morgan fingerprint density at radius 1 is 1.15 bits per heavy atom. The van der Waals surface area contributed by atoms with E-state index < -0.39 is 0 Å². The number of halogens is 1. The molecule has 0 fully saturated rings. The van der Waals surface area contributed by atoms with Crippen LogP contribution in [-0.2, 0) is 17.6 Å². The fourth-order valence-corrected chi connectivity index (χ4v) is 2.60. The van der Waals surface area contributed by atoms with Gasteiger partial charge in [-0.05, 0) is 41.3 Å². The van der Waals surface area contributed by atoms with Gasteiger partial charge in [-0.3, -0.25) is 4.79 Å². The summed E-state index contributed by atoms with van der Waals surface area (Å²) in [5, 5.41) is 2.80. The summed E-state index contributed by atoms with van der Waals surface area (Å²) in [5.74, 6) is -0.423. The maximum atomic E-state index is 13.1. The Morgan fingerprint density at radius 3 is 2.73 bits per heavy atom. The topological polar surface area (TPSA) is 57.8 Å². The first-order valence-corrected chi connectivity index (χ1v) is 8.45. The highest BCUT2D eigenvalue weighted by Crippen LogP contribution is 2.10. The van der Waals surface area contributed by atoms with Crippen molar-refractivity contribution >= 4 is 12.0 Å². The van der Waals surface area contributed by atoms with Crippen LogP contribution >= 0.6 is 0 Å². The molecule has 0 aliphatic carbocycles. The lowest BCUT2D eigenvalue weighted by Crippen LogP contribution is -2.23. The van der Waals surface area contributed by atoms with Crippen molar-refractivity contribution in [1.82, 2.24) is 15.3 Å². The molecule has 5 heteroatoms. The second-order valence-corrected chi connectivity index (χ2v) is 6.00. The van der Waals surface area contributed by atoms with Crippen molar-refractivity contribution in [1.29, 1.82) is 0 Å². The number of nitrogens with one attached hydrogen (secondary N) is 2. The second kappa shape index (κ2) is 8.76. The maximum Gasteiger partial charge on any atom is 0.244 e. The third-order valence-corrected chi connectivity index (χ3v) is 3.96. The summed E-state index contributed by atoms with van der Waals surface area (Å²) in [5.41, 5.74) is 4.05. The van der Waals surface area contributed by atoms with Crippen LogP contribution in [0.25, 0.3) is 6.08 Å². The molecule has 0 bridgehead atoms. The molecule has 0 saturated heterocycles. The molecule has 2 aromatic carbocycles. The van der Waals surface area contributed by atoms with E-state index in [2.05, 4.69) is 15.3 Å². The van der Waals surface area contributed by atoms with Crippen LogP contribution in [0.4, 0.5) is 4.39 Å². The number of H-pyrrole nitrogens is 1. The van der Waals surface area contributed by atoms with Gasteiger partial charge in [0.15, 0.2) is 0 Å². The highest BCUT2D eigenvalue weighted by Gasteiger charge is 1.99. The Hall–Kier alpha value is -3.21. The van der Waals surface area contributed by atoms with Gasteiger partial charge in [-0.2, -0.15) is 0 Å². The minimum Gasteiger partial charge on any atom is -0.352 e. The standard InChI is InChI=1S/C21H20FN3O/c22-19-3-1-2-17(12-19)10-11-24-21(26)9-8-16-4-6-18(7-5-16)13-20-14-23-15-25-20/h1-9,12,14-15H,10-11,13H2,(H,23,25)(H,24,26)/b9-8+. The van der Waals surface area contributed by atoms with E-state index in [9.17, 15) is 9.18 Å². The Kier molecular flexibility index (Phi) is 5.93. The minimum absolute atomic E-state index is 0.164. The van der Waals surface area contributed by atoms with Crippen molar-refractivity contribution in [3.05, 3.63) is 95.3 Å². The number of aromatic nitrogens is 2. The molecule has 26 heavy (non-hydrogen) atoms. The molecule has 0 aliphatic rings. The molecule has 1 aromatic heterocycles. The lowest BCUT2D eigenvalue weighted by Gasteiger charge is -2.03. The van der Waals surface area contributed by atoms with E-state index in [-0.39, 0.29) is 11.7 Å². The zero-order valence-electron chi connectivity index (χ0n) is 14.3. The van der Waals surface area contributed by atoms with Crippen molar-refractivity contribution in [3.63, 3.8) is 0 Å². The summed E-state index contributed by atoms with van der Waals surface area (Å²) in [7, 11) is 0. The Morgan fingerprint density at radius 2 is 2.00 bits per heavy atom. The normalized spacial score (nSPS) is 11.0. The first-order chi connectivity index (χ1) is 12.7. The molecule has 2 N–H and O–H groups in total. The molecule has 132 valence electrons. The molecule has 3 aromatic rings. The molecule has 0 atom stereocenters. The van der Waals surface area contributed by atoms with Crippen molar-refractivity contribution in [3.8, 4) is 0 Å². The number of hydrogen-bond donors (Lipinski definition) is 2. The summed E-state index contributed by atoms with van der Waals surface area (Å²) in [6.45, 7) is 0.468. The molecule has 0 unspecified atom stereocenters. The molecule has 3 rings (SSSR count). The first-order valence-electron chi connectivity index (χ1n) is 8.45. The van der Waals surface area contributed by atoms with E-state index in [0.29, 0.717) is 13.0 Å². The SMILES string of the molecule is O=C(/C=C/c1ccc(Cc2cnc[nH]2)cc1)NCCc1cccc(F)c1. The van der Waals surface area contributed by atoms with Crippen molar-refractivity contribution in [2.24, 2.45) is 0 Å². The smallest absolute Gasteiger partial charge is 0.244 e. The molecule has 0 spiro atoms. The molecule has 0 radical (unpaired) electrons. The van der Waals surface area contributed by atoms with Crippen LogP contribution in [0.2, 0.25) is 0 Å². The van der Waals surface area contributed by atoms with E-state index in [1.54, 1.807) is 18.5 Å². The summed E-state index contributed by atoms with van der Waals surface area (Å²) in [4.78, 5) is 18.9. The van der Waals surface area contributed by atoms with Gasteiger partial charge in [-0.15, -0.1) is 0 Å². The van der Waals surface area contributed by atoms with Gasteiger partial charge in [0.25, 0.3) is 0 Å². The maximum absolute atomic E-state index is 13.1. The van der Waals surface area contributed by atoms with Crippen LogP contribution in [0.1, 0.15) is 22.4 Å². The van der Waals surface area contributed by atoms with Crippen LogP contribution in [0.15, 0.2) is 67.1 Å². The van der Waals surface area contributed by atoms with E-state index in [0.717, 1.165) is 23.2 Å². The van der Waals surface area contributed by atoms with Crippen LogP contribution in [0, 0.1) is 5.82 Å². The number of amides is 1. The third kappa shape index (κ3) is 5.41. The van der Waals surface area contributed by atoms with Crippen LogP contribution in [0.3, 0.4) is 0 Å². The van der Waals surface area contributed by atoms with Gasteiger partial charge in [0.05, 0.1) is 6.33 Å². The lowest BCUT2D eigenvalue weighted by molar-refractivity contribution is -0.116. The van der Waals surface area contributed by atoms with E-state index in [4.69, 9.17) is 0 Å². The molecule has 0 aliphatic heterocycles. The third-order valence-electron chi connectivity index (χ3n) is 3.96. The van der Waals surface area contributed by atoms with Crippen LogP contribution in [0.5, 0.6) is 0 Å². The van der Waals surface area contributed by atoms with Gasteiger partial charge < -0.3 is 10.3 Å². The van der Waals surface area contributed by atoms with E-state index in [1.807, 2.05) is 36.5 Å². The number of hydrogen-bond acceptors (Lipinski definition) is 2. The number of carbonyl (C=O) groups excluding carboxylic acids is 1. The predicted molar refractivity (Wildman–Crippen MR) is 100.0 cm³/mol. The molecular weight excluding hydrogens is 329 g/mol. The number of rotatable bonds is 7. The summed E-state index contributed by atoms with van der Waals surface area (Å²) >= 11 is 0. The molecule has 1 heterocycles. The number of benzene rings is 2. The average molecular weight is 349 g/mol. The first kappa shape index (κ1) is 17.6. The number of imidazole rings is 1. The number of aromatic amines is 1. The largest absolute Gasteiger partial charge is 0.352 e. The van der Waals surface area contributed by atoms with Gasteiger partial charge >= 0.3 is 0 Å². The van der Waals surface area contributed by atoms with Gasteiger partial charge in [-0.25, -0.2) is 9.37 Å². The van der Waals surface area contributed by atoms with Gasteiger partial charge in [0.1, 0.15) is 5.82 Å². The number of carbonyl (C=O) groups is 1. The van der Waals surface area contributed by atoms with E-state index in [1.165, 1.54) is 23.8 Å². The zero-order valence-corrected chi connectivity index (χ0v) is 14.3. The van der Waals surface area contributed by atoms with Crippen molar-refractivity contribution < 1.29 is 9.18 Å². The highest BCUT2D eigenvalue weighted by atomic mass is 19.1. The van der Waals surface area contributed by atoms with Gasteiger partial charge in [-0.1, -0.05) is 36.4 Å². The van der Waals surface area contributed by atoms with Crippen LogP contribution < -0.4 is 5.32 Å². The Labute approximate surface area is 151 Å². The Bertz CT molecular complexity index is 871. The summed E-state index contributed by atoms with van der Waals surface area (Å²) in [6, 6.07) is 14.4. The van der Waals surface area contributed by atoms with E-state index >= 15 is 0 Å². The van der Waals surface area contributed by atoms with Crippen LogP contribution in [-0.4, -0.2) is 22.4 Å². The molecular formula is C21H20FN3O. The lowest BCUT2D eigenvalue weighted by atomic mass is 10.1. The fraction of sp³-hybridized carbons (Fsp3) is 0.143. The number of nitrogens with zero attached hydrogens (tertiary/aromatic N) is 1. The summed E-state index contributed by atoms with van der Waals surface area (Å²) in [6.07, 6.45) is 8.15. The van der Waals surface area contributed by atoms with Gasteiger partial charge in [0.2, 0.25) is 5.91 Å². The second-order valence-electron chi connectivity index (χ2n) is 6.00. The molecule has 4 nitrogen and oxygen atoms in total. The molecule has 1 amide bonds. The van der Waals surface area contributed by atoms with Crippen molar-refractivity contribution in [2.75, 3.05) is 6.54 Å². The van der Waals surface area contributed by atoms with Gasteiger partial charge in [0, 0.05) is 30.9 Å².